The first-order valence-corrected chi connectivity index (χ1v) is 6.24. The molecule has 20 heavy (non-hydrogen) atoms. The number of esters is 1. The molecule has 1 amide bonds. The lowest BCUT2D eigenvalue weighted by Gasteiger charge is -2.20. The van der Waals surface area contributed by atoms with Gasteiger partial charge in [0.25, 0.3) is 0 Å². The van der Waals surface area contributed by atoms with Gasteiger partial charge in [0.15, 0.2) is 0 Å². The van der Waals surface area contributed by atoms with Gasteiger partial charge < -0.3 is 19.9 Å². The number of hydrogen-bond acceptors (Lipinski definition) is 5. The average molecular weight is 281 g/mol. The second-order valence-corrected chi connectivity index (χ2v) is 4.37. The molecule has 110 valence electrons. The van der Waals surface area contributed by atoms with E-state index in [4.69, 9.17) is 9.84 Å². The van der Waals surface area contributed by atoms with Gasteiger partial charge in [-0.2, -0.15) is 0 Å². The lowest BCUT2D eigenvalue weighted by Crippen LogP contribution is -2.47. The molecule has 6 heteroatoms. The summed E-state index contributed by atoms with van der Waals surface area (Å²) < 4.78 is 9.59. The maximum Gasteiger partial charge on any atom is 0.408 e. The summed E-state index contributed by atoms with van der Waals surface area (Å²) in [5.41, 5.74) is 0.840. The van der Waals surface area contributed by atoms with Crippen molar-refractivity contribution in [2.45, 2.75) is 19.6 Å². The lowest BCUT2D eigenvalue weighted by atomic mass is 10.0. The summed E-state index contributed by atoms with van der Waals surface area (Å²) in [6, 6.07) is 8.24. The molecule has 0 heterocycles. The number of amides is 1. The third kappa shape index (κ3) is 4.89. The van der Waals surface area contributed by atoms with Crippen LogP contribution in [0.1, 0.15) is 12.5 Å². The molecule has 1 aromatic carbocycles. The molecule has 2 atom stereocenters. The van der Waals surface area contributed by atoms with Crippen molar-refractivity contribution in [2.75, 3.05) is 13.7 Å². The third-order valence-corrected chi connectivity index (χ3v) is 2.80. The average Bonchev–Trinajstić information content (AvgIpc) is 2.50. The van der Waals surface area contributed by atoms with Crippen molar-refractivity contribution >= 4 is 12.1 Å². The third-order valence-electron chi connectivity index (χ3n) is 2.80. The minimum atomic E-state index is -0.937. The highest BCUT2D eigenvalue weighted by Crippen LogP contribution is 2.06. The Balaban J connectivity index is 2.51. The number of ether oxygens (including phenoxy) is 2. The normalized spacial score (nSPS) is 13.2. The molecule has 1 rings (SSSR count). The van der Waals surface area contributed by atoms with Crippen LogP contribution in [0.2, 0.25) is 0 Å². The number of aliphatic hydroxyl groups excluding tert-OH is 1. The summed E-state index contributed by atoms with van der Waals surface area (Å²) in [6.45, 7) is 1.48. The number of benzene rings is 1. The molecule has 0 aliphatic heterocycles. The summed E-state index contributed by atoms with van der Waals surface area (Å²) in [5.74, 6) is -1.09. The van der Waals surface area contributed by atoms with E-state index in [0.717, 1.165) is 5.56 Å². The largest absolute Gasteiger partial charge is 0.467 e. The van der Waals surface area contributed by atoms with Gasteiger partial charge in [-0.15, -0.1) is 0 Å². The first-order chi connectivity index (χ1) is 9.58. The fraction of sp³-hybridized carbons (Fsp3) is 0.429. The fourth-order valence-corrected chi connectivity index (χ4v) is 1.56. The topological polar surface area (TPSA) is 84.9 Å². The Morgan fingerprint density at radius 1 is 1.30 bits per heavy atom. The van der Waals surface area contributed by atoms with E-state index >= 15 is 0 Å². The van der Waals surface area contributed by atoms with E-state index in [1.165, 1.54) is 7.11 Å². The van der Waals surface area contributed by atoms with Crippen molar-refractivity contribution in [2.24, 2.45) is 5.92 Å². The van der Waals surface area contributed by atoms with Crippen molar-refractivity contribution in [3.63, 3.8) is 0 Å². The van der Waals surface area contributed by atoms with Crippen molar-refractivity contribution in [3.05, 3.63) is 35.9 Å². The minimum Gasteiger partial charge on any atom is -0.467 e. The van der Waals surface area contributed by atoms with Gasteiger partial charge in [-0.25, -0.2) is 9.59 Å². The summed E-state index contributed by atoms with van der Waals surface area (Å²) in [4.78, 5) is 23.2. The molecular weight excluding hydrogens is 262 g/mol. The van der Waals surface area contributed by atoms with Crippen LogP contribution in [-0.4, -0.2) is 36.9 Å². The molecule has 0 spiro atoms. The predicted octanol–water partition coefficient (Wildman–Crippen LogP) is 1.08. The second kappa shape index (κ2) is 8.16. The Morgan fingerprint density at radius 2 is 1.95 bits per heavy atom. The number of nitrogens with one attached hydrogen (secondary N) is 1. The minimum absolute atomic E-state index is 0.105. The molecule has 0 saturated heterocycles. The van der Waals surface area contributed by atoms with Crippen molar-refractivity contribution in [1.29, 1.82) is 0 Å². The van der Waals surface area contributed by atoms with Crippen LogP contribution in [-0.2, 0) is 20.9 Å². The van der Waals surface area contributed by atoms with Crippen molar-refractivity contribution in [3.8, 4) is 0 Å². The molecule has 6 nitrogen and oxygen atoms in total. The molecular formula is C14H19NO5. The number of carbonyl (C=O) groups is 2. The van der Waals surface area contributed by atoms with Crippen LogP contribution in [0.15, 0.2) is 30.3 Å². The predicted molar refractivity (Wildman–Crippen MR) is 71.8 cm³/mol. The standard InChI is InChI=1S/C14H19NO5/c1-10(8-16)12(13(17)19-2)15-14(18)20-9-11-6-4-3-5-7-11/h3-7,10,12,16H,8-9H2,1-2H3,(H,15,18)/t10?,12-/m1/s1. The number of methoxy groups -OCH3 is 1. The van der Waals surface area contributed by atoms with Crippen molar-refractivity contribution < 1.29 is 24.2 Å². The smallest absolute Gasteiger partial charge is 0.408 e. The van der Waals surface area contributed by atoms with E-state index in [2.05, 4.69) is 10.1 Å². The van der Waals surface area contributed by atoms with E-state index in [9.17, 15) is 9.59 Å². The first-order valence-electron chi connectivity index (χ1n) is 6.24. The number of alkyl carbamates (subject to hydrolysis) is 1. The van der Waals surface area contributed by atoms with Gasteiger partial charge in [0.05, 0.1) is 7.11 Å². The Kier molecular flexibility index (Phi) is 6.52. The van der Waals surface area contributed by atoms with Gasteiger partial charge in [0, 0.05) is 12.5 Å². The van der Waals surface area contributed by atoms with Crippen LogP contribution in [0, 0.1) is 5.92 Å². The maximum absolute atomic E-state index is 11.6. The second-order valence-electron chi connectivity index (χ2n) is 4.37. The van der Waals surface area contributed by atoms with Gasteiger partial charge in [-0.1, -0.05) is 37.3 Å². The van der Waals surface area contributed by atoms with E-state index in [1.807, 2.05) is 30.3 Å². The van der Waals surface area contributed by atoms with Crippen LogP contribution in [0.4, 0.5) is 4.79 Å². The molecule has 0 aliphatic carbocycles. The van der Waals surface area contributed by atoms with Crippen LogP contribution < -0.4 is 5.32 Å². The highest BCUT2D eigenvalue weighted by Gasteiger charge is 2.27. The van der Waals surface area contributed by atoms with E-state index in [-0.39, 0.29) is 13.2 Å². The Morgan fingerprint density at radius 3 is 2.50 bits per heavy atom. The highest BCUT2D eigenvalue weighted by atomic mass is 16.6. The molecule has 0 radical (unpaired) electrons. The molecule has 0 bridgehead atoms. The zero-order chi connectivity index (χ0) is 15.0. The van der Waals surface area contributed by atoms with Crippen LogP contribution in [0.5, 0.6) is 0 Å². The van der Waals surface area contributed by atoms with E-state index in [0.29, 0.717) is 0 Å². The summed E-state index contributed by atoms with van der Waals surface area (Å²) >= 11 is 0. The van der Waals surface area contributed by atoms with E-state index in [1.54, 1.807) is 6.92 Å². The molecule has 0 saturated carbocycles. The van der Waals surface area contributed by atoms with Gasteiger partial charge in [0.2, 0.25) is 0 Å². The lowest BCUT2D eigenvalue weighted by molar-refractivity contribution is -0.144. The van der Waals surface area contributed by atoms with Gasteiger partial charge >= 0.3 is 12.1 Å². The Bertz CT molecular complexity index is 434. The maximum atomic E-state index is 11.6. The summed E-state index contributed by atoms with van der Waals surface area (Å²) in [5, 5.41) is 11.5. The SMILES string of the molecule is COC(=O)[C@H](NC(=O)OCc1ccccc1)C(C)CO. The Hall–Kier alpha value is -2.08. The van der Waals surface area contributed by atoms with Crippen LogP contribution in [0.3, 0.4) is 0 Å². The van der Waals surface area contributed by atoms with Gasteiger partial charge in [-0.05, 0) is 5.56 Å². The summed E-state index contributed by atoms with van der Waals surface area (Å²) in [6.07, 6.45) is -0.732. The molecule has 0 aliphatic rings. The highest BCUT2D eigenvalue weighted by molar-refractivity contribution is 5.81. The Labute approximate surface area is 117 Å². The summed E-state index contributed by atoms with van der Waals surface area (Å²) in [7, 11) is 1.22. The van der Waals surface area contributed by atoms with E-state index < -0.39 is 24.0 Å². The monoisotopic (exact) mass is 281 g/mol. The molecule has 1 unspecified atom stereocenters. The molecule has 2 N–H and O–H groups in total. The van der Waals surface area contributed by atoms with Crippen molar-refractivity contribution in [1.82, 2.24) is 5.32 Å². The van der Waals surface area contributed by atoms with Gasteiger partial charge in [-0.3, -0.25) is 0 Å². The van der Waals surface area contributed by atoms with Gasteiger partial charge in [0.1, 0.15) is 12.6 Å². The number of carbonyl (C=O) groups excluding carboxylic acids is 2. The molecule has 0 aromatic heterocycles. The fourth-order valence-electron chi connectivity index (χ4n) is 1.56. The number of hydrogen-bond donors (Lipinski definition) is 2. The van der Waals surface area contributed by atoms with Crippen LogP contribution in [0.25, 0.3) is 0 Å². The van der Waals surface area contributed by atoms with Crippen LogP contribution >= 0.6 is 0 Å². The quantitative estimate of drug-likeness (QED) is 0.762. The first kappa shape index (κ1) is 16.0. The number of rotatable bonds is 6. The zero-order valence-electron chi connectivity index (χ0n) is 11.5. The zero-order valence-corrected chi connectivity index (χ0v) is 11.5. The molecule has 0 fully saturated rings. The molecule has 1 aromatic rings. The number of aliphatic hydroxyl groups is 1.